The van der Waals surface area contributed by atoms with E-state index in [1.54, 1.807) is 31.3 Å². The number of carbonyl (C=O) groups excluding carboxylic acids is 1. The van der Waals surface area contributed by atoms with E-state index >= 15 is 0 Å². The summed E-state index contributed by atoms with van der Waals surface area (Å²) in [6, 6.07) is 6.90. The molecular formula is C16H20ClN3O3. The molecule has 1 aromatic carbocycles. The molecule has 0 aliphatic carbocycles. The molecule has 1 heterocycles. The van der Waals surface area contributed by atoms with Crippen LogP contribution in [-0.4, -0.2) is 34.0 Å². The Bertz CT molecular complexity index is 681. The van der Waals surface area contributed by atoms with Crippen LogP contribution in [0.25, 0.3) is 0 Å². The lowest BCUT2D eigenvalue weighted by atomic mass is 10.1. The molecule has 0 fully saturated rings. The van der Waals surface area contributed by atoms with Gasteiger partial charge < -0.3 is 15.2 Å². The smallest absolute Gasteiger partial charge is 0.260 e. The molecule has 0 saturated heterocycles. The Labute approximate surface area is 140 Å². The second-order valence-electron chi connectivity index (χ2n) is 5.38. The molecule has 0 aliphatic heterocycles. The van der Waals surface area contributed by atoms with Gasteiger partial charge in [-0.05, 0) is 30.2 Å². The van der Waals surface area contributed by atoms with Crippen LogP contribution < -0.4 is 10.1 Å². The van der Waals surface area contributed by atoms with E-state index in [1.807, 2.05) is 13.8 Å². The molecule has 2 N–H and O–H groups in total. The predicted octanol–water partition coefficient (Wildman–Crippen LogP) is 2.82. The second kappa shape index (κ2) is 7.48. The minimum atomic E-state index is -0.296. The van der Waals surface area contributed by atoms with Crippen LogP contribution in [0.5, 0.6) is 5.75 Å². The van der Waals surface area contributed by atoms with Crippen molar-refractivity contribution in [3.8, 4) is 5.75 Å². The molecule has 0 spiro atoms. The molecule has 0 aliphatic rings. The average Bonchev–Trinajstić information content (AvgIpc) is 2.82. The molecule has 1 amide bonds. The minimum Gasteiger partial charge on any atom is -0.491 e. The SMILES string of the molecule is CC(C)c1nn(C)c(Cl)c1C(=O)Nc1ccc(OCCO)cc1. The highest BCUT2D eigenvalue weighted by atomic mass is 35.5. The summed E-state index contributed by atoms with van der Waals surface area (Å²) in [5.74, 6) is 0.416. The van der Waals surface area contributed by atoms with E-state index in [-0.39, 0.29) is 25.0 Å². The molecular weight excluding hydrogens is 318 g/mol. The highest BCUT2D eigenvalue weighted by Crippen LogP contribution is 2.26. The zero-order valence-corrected chi connectivity index (χ0v) is 14.1. The number of hydrogen-bond donors (Lipinski definition) is 2. The van der Waals surface area contributed by atoms with Crippen LogP contribution in [0.15, 0.2) is 24.3 Å². The number of aryl methyl sites for hydroxylation is 1. The third-order valence-electron chi connectivity index (χ3n) is 3.25. The summed E-state index contributed by atoms with van der Waals surface area (Å²) in [7, 11) is 1.71. The fourth-order valence-electron chi connectivity index (χ4n) is 2.13. The Kier molecular flexibility index (Phi) is 5.63. The number of halogens is 1. The number of nitrogens with zero attached hydrogens (tertiary/aromatic N) is 2. The van der Waals surface area contributed by atoms with Gasteiger partial charge in [0.1, 0.15) is 23.1 Å². The quantitative estimate of drug-likeness (QED) is 0.849. The summed E-state index contributed by atoms with van der Waals surface area (Å²) < 4.78 is 6.77. The number of ether oxygens (including phenoxy) is 1. The van der Waals surface area contributed by atoms with Crippen molar-refractivity contribution >= 4 is 23.2 Å². The van der Waals surface area contributed by atoms with Gasteiger partial charge in [-0.1, -0.05) is 25.4 Å². The van der Waals surface area contributed by atoms with Crippen molar-refractivity contribution in [2.24, 2.45) is 7.05 Å². The highest BCUT2D eigenvalue weighted by molar-refractivity contribution is 6.33. The van der Waals surface area contributed by atoms with Crippen LogP contribution in [0.1, 0.15) is 35.8 Å². The Morgan fingerprint density at radius 1 is 1.39 bits per heavy atom. The summed E-state index contributed by atoms with van der Waals surface area (Å²) >= 11 is 6.20. The monoisotopic (exact) mass is 337 g/mol. The first-order valence-electron chi connectivity index (χ1n) is 7.31. The van der Waals surface area contributed by atoms with Crippen LogP contribution >= 0.6 is 11.6 Å². The lowest BCUT2D eigenvalue weighted by Gasteiger charge is -2.09. The number of aliphatic hydroxyl groups excluding tert-OH is 1. The number of benzene rings is 1. The standard InChI is InChI=1S/C16H20ClN3O3/c1-10(2)14-13(15(17)20(3)19-14)16(22)18-11-4-6-12(7-5-11)23-9-8-21/h4-7,10,21H,8-9H2,1-3H3,(H,18,22). The van der Waals surface area contributed by atoms with Crippen LogP contribution in [0.3, 0.4) is 0 Å². The normalized spacial score (nSPS) is 10.9. The van der Waals surface area contributed by atoms with E-state index in [1.165, 1.54) is 4.68 Å². The van der Waals surface area contributed by atoms with Crippen LogP contribution in [0.2, 0.25) is 5.15 Å². The van der Waals surface area contributed by atoms with Gasteiger partial charge in [-0.3, -0.25) is 9.48 Å². The summed E-state index contributed by atoms with van der Waals surface area (Å²) in [6.45, 7) is 4.11. The van der Waals surface area contributed by atoms with E-state index in [4.69, 9.17) is 21.4 Å². The van der Waals surface area contributed by atoms with Gasteiger partial charge in [0.2, 0.25) is 0 Å². The lowest BCUT2D eigenvalue weighted by molar-refractivity contribution is 0.102. The zero-order chi connectivity index (χ0) is 17.0. The molecule has 1 aromatic heterocycles. The van der Waals surface area contributed by atoms with Crippen molar-refractivity contribution in [1.29, 1.82) is 0 Å². The maximum absolute atomic E-state index is 12.5. The average molecular weight is 338 g/mol. The molecule has 0 saturated carbocycles. The van der Waals surface area contributed by atoms with E-state index < -0.39 is 0 Å². The van der Waals surface area contributed by atoms with Crippen molar-refractivity contribution in [3.63, 3.8) is 0 Å². The second-order valence-corrected chi connectivity index (χ2v) is 5.74. The summed E-state index contributed by atoms with van der Waals surface area (Å²) in [5.41, 5.74) is 1.68. The van der Waals surface area contributed by atoms with E-state index in [2.05, 4.69) is 10.4 Å². The number of hydrogen-bond acceptors (Lipinski definition) is 4. The van der Waals surface area contributed by atoms with Crippen LogP contribution in [-0.2, 0) is 7.05 Å². The summed E-state index contributed by atoms with van der Waals surface area (Å²) in [6.07, 6.45) is 0. The maximum atomic E-state index is 12.5. The van der Waals surface area contributed by atoms with Crippen molar-refractivity contribution < 1.29 is 14.6 Å². The lowest BCUT2D eigenvalue weighted by Crippen LogP contribution is -2.14. The number of aromatic nitrogens is 2. The Hall–Kier alpha value is -2.05. The number of aliphatic hydroxyl groups is 1. The fourth-order valence-corrected chi connectivity index (χ4v) is 2.35. The predicted molar refractivity (Wildman–Crippen MR) is 89.3 cm³/mol. The third-order valence-corrected chi connectivity index (χ3v) is 3.68. The Balaban J connectivity index is 2.16. The maximum Gasteiger partial charge on any atom is 0.260 e. The van der Waals surface area contributed by atoms with Gasteiger partial charge in [-0.25, -0.2) is 0 Å². The number of anilines is 1. The van der Waals surface area contributed by atoms with Gasteiger partial charge in [-0.2, -0.15) is 5.10 Å². The van der Waals surface area contributed by atoms with Gasteiger partial charge in [0.15, 0.2) is 0 Å². The molecule has 23 heavy (non-hydrogen) atoms. The van der Waals surface area contributed by atoms with E-state index in [0.717, 1.165) is 0 Å². The zero-order valence-electron chi connectivity index (χ0n) is 13.3. The minimum absolute atomic E-state index is 0.0457. The Morgan fingerprint density at radius 2 is 2.04 bits per heavy atom. The molecule has 6 nitrogen and oxygen atoms in total. The highest BCUT2D eigenvalue weighted by Gasteiger charge is 2.23. The number of amides is 1. The van der Waals surface area contributed by atoms with Crippen molar-refractivity contribution in [3.05, 3.63) is 40.7 Å². The summed E-state index contributed by atoms with van der Waals surface area (Å²) in [4.78, 5) is 12.5. The van der Waals surface area contributed by atoms with Gasteiger partial charge in [0.25, 0.3) is 5.91 Å². The molecule has 0 bridgehead atoms. The molecule has 2 rings (SSSR count). The molecule has 7 heteroatoms. The molecule has 0 atom stereocenters. The number of nitrogens with one attached hydrogen (secondary N) is 1. The van der Waals surface area contributed by atoms with Crippen molar-refractivity contribution in [2.45, 2.75) is 19.8 Å². The van der Waals surface area contributed by atoms with Crippen molar-refractivity contribution in [1.82, 2.24) is 9.78 Å². The van der Waals surface area contributed by atoms with Gasteiger partial charge >= 0.3 is 0 Å². The fraction of sp³-hybridized carbons (Fsp3) is 0.375. The topological polar surface area (TPSA) is 76.4 Å². The Morgan fingerprint density at radius 3 is 2.61 bits per heavy atom. The first-order valence-corrected chi connectivity index (χ1v) is 7.69. The van der Waals surface area contributed by atoms with Crippen LogP contribution in [0.4, 0.5) is 5.69 Å². The first-order chi connectivity index (χ1) is 10.9. The number of carbonyl (C=O) groups is 1. The van der Waals surface area contributed by atoms with Crippen molar-refractivity contribution in [2.75, 3.05) is 18.5 Å². The molecule has 0 unspecified atom stereocenters. The molecule has 2 aromatic rings. The number of rotatable bonds is 6. The van der Waals surface area contributed by atoms with E-state index in [9.17, 15) is 4.79 Å². The van der Waals surface area contributed by atoms with Crippen LogP contribution in [0, 0.1) is 0 Å². The first kappa shape index (κ1) is 17.3. The molecule has 0 radical (unpaired) electrons. The van der Waals surface area contributed by atoms with Gasteiger partial charge in [-0.15, -0.1) is 0 Å². The van der Waals surface area contributed by atoms with E-state index in [0.29, 0.717) is 27.8 Å². The largest absolute Gasteiger partial charge is 0.491 e. The van der Waals surface area contributed by atoms with Gasteiger partial charge in [0.05, 0.1) is 12.3 Å². The summed E-state index contributed by atoms with van der Waals surface area (Å²) in [5, 5.41) is 16.1. The third kappa shape index (κ3) is 4.03. The molecule has 124 valence electrons. The van der Waals surface area contributed by atoms with Gasteiger partial charge in [0, 0.05) is 12.7 Å².